The Labute approximate surface area is 82.1 Å². The molecule has 0 aliphatic heterocycles. The third kappa shape index (κ3) is 2.64. The molecule has 0 spiro atoms. The van der Waals surface area contributed by atoms with Crippen LogP contribution in [0.2, 0.25) is 0 Å². The fourth-order valence-electron chi connectivity index (χ4n) is 0.428. The van der Waals surface area contributed by atoms with Gasteiger partial charge < -0.3 is 5.11 Å². The van der Waals surface area contributed by atoms with Crippen LogP contribution in [0.25, 0.3) is 0 Å². The number of benzene rings is 1. The molecule has 0 aromatic heterocycles. The second-order valence-corrected chi connectivity index (χ2v) is 1.34. The molecule has 40 valence electrons. The minimum absolute atomic E-state index is 0. The van der Waals surface area contributed by atoms with Crippen molar-refractivity contribution in [1.29, 1.82) is 0 Å². The first-order valence-corrected chi connectivity index (χ1v) is 2.13. The quantitative estimate of drug-likeness (QED) is 0.719. The van der Waals surface area contributed by atoms with E-state index in [1.807, 2.05) is 6.07 Å². The van der Waals surface area contributed by atoms with Gasteiger partial charge in [0.2, 0.25) is 0 Å². The first-order valence-electron chi connectivity index (χ1n) is 2.13. The molecule has 2 heteroatoms. The van der Waals surface area contributed by atoms with Gasteiger partial charge >= 0.3 is 0 Å². The Kier molecular flexibility index (Phi) is 4.51. The van der Waals surface area contributed by atoms with Gasteiger partial charge in [-0.25, -0.2) is 0 Å². The van der Waals surface area contributed by atoms with Gasteiger partial charge in [0.15, 0.2) is 0 Å². The van der Waals surface area contributed by atoms with E-state index in [0.717, 1.165) is 0 Å². The van der Waals surface area contributed by atoms with E-state index in [1.54, 1.807) is 24.3 Å². The Balaban J connectivity index is 0.000000490. The van der Waals surface area contributed by atoms with Crippen molar-refractivity contribution in [3.8, 4) is 5.75 Å². The SMILES string of the molecule is Oc1ccccc1.[Ce]. The van der Waals surface area contributed by atoms with E-state index in [-0.39, 0.29) is 41.7 Å². The summed E-state index contributed by atoms with van der Waals surface area (Å²) in [5.74, 6) is 0.322. The molecule has 8 heavy (non-hydrogen) atoms. The Hall–Kier alpha value is 0.397. The summed E-state index contributed by atoms with van der Waals surface area (Å²) in [6.45, 7) is 0. The van der Waals surface area contributed by atoms with Gasteiger partial charge in [-0.15, -0.1) is 0 Å². The maximum absolute atomic E-state index is 8.63. The Morgan fingerprint density at radius 2 is 1.50 bits per heavy atom. The summed E-state index contributed by atoms with van der Waals surface area (Å²) in [7, 11) is 0. The van der Waals surface area contributed by atoms with Crippen molar-refractivity contribution >= 4 is 0 Å². The molecule has 0 saturated carbocycles. The van der Waals surface area contributed by atoms with Crippen LogP contribution in [0.15, 0.2) is 30.3 Å². The molecule has 0 heterocycles. The maximum atomic E-state index is 8.63. The van der Waals surface area contributed by atoms with Gasteiger partial charge in [-0.05, 0) is 12.1 Å². The summed E-state index contributed by atoms with van der Waals surface area (Å²) in [5.41, 5.74) is 0. The second-order valence-electron chi connectivity index (χ2n) is 1.34. The molecule has 0 bridgehead atoms. The van der Waals surface area contributed by atoms with E-state index >= 15 is 0 Å². The van der Waals surface area contributed by atoms with Crippen LogP contribution in [0.1, 0.15) is 0 Å². The zero-order valence-electron chi connectivity index (χ0n) is 4.33. The molecule has 1 N–H and O–H groups in total. The van der Waals surface area contributed by atoms with Crippen LogP contribution in [0, 0.1) is 41.7 Å². The Morgan fingerprint density at radius 1 is 1.00 bits per heavy atom. The average molecular weight is 234 g/mol. The molecule has 0 aliphatic carbocycles. The topological polar surface area (TPSA) is 20.2 Å². The zero-order valence-corrected chi connectivity index (χ0v) is 7.47. The van der Waals surface area contributed by atoms with Crippen LogP contribution in [-0.2, 0) is 0 Å². The number of phenolic OH excluding ortho intramolecular Hbond substituents is 1. The average Bonchev–Trinajstić information content (AvgIpc) is 1.69. The molecule has 0 aliphatic rings. The number of rotatable bonds is 0. The van der Waals surface area contributed by atoms with Gasteiger partial charge in [0, 0.05) is 41.7 Å². The molecule has 0 radical (unpaired) electrons. The largest absolute Gasteiger partial charge is 0.508 e. The zero-order chi connectivity index (χ0) is 5.11. The first kappa shape index (κ1) is 8.40. The summed E-state index contributed by atoms with van der Waals surface area (Å²) >= 11 is 0. The van der Waals surface area contributed by atoms with Crippen molar-refractivity contribution in [2.24, 2.45) is 0 Å². The van der Waals surface area contributed by atoms with Crippen LogP contribution in [-0.4, -0.2) is 5.11 Å². The van der Waals surface area contributed by atoms with Crippen LogP contribution < -0.4 is 0 Å². The molecule has 0 amide bonds. The van der Waals surface area contributed by atoms with Crippen LogP contribution in [0.3, 0.4) is 0 Å². The van der Waals surface area contributed by atoms with E-state index in [2.05, 4.69) is 0 Å². The van der Waals surface area contributed by atoms with Crippen molar-refractivity contribution in [2.75, 3.05) is 0 Å². The predicted molar refractivity (Wildman–Crippen MR) is 28.1 cm³/mol. The van der Waals surface area contributed by atoms with Crippen LogP contribution in [0.5, 0.6) is 5.75 Å². The Morgan fingerprint density at radius 3 is 1.75 bits per heavy atom. The van der Waals surface area contributed by atoms with Crippen LogP contribution in [0.4, 0.5) is 0 Å². The molecule has 1 rings (SSSR count). The number of hydrogen-bond donors (Lipinski definition) is 1. The summed E-state index contributed by atoms with van der Waals surface area (Å²) < 4.78 is 0. The van der Waals surface area contributed by atoms with E-state index in [1.165, 1.54) is 0 Å². The number of phenols is 1. The van der Waals surface area contributed by atoms with Crippen molar-refractivity contribution in [3.05, 3.63) is 30.3 Å². The summed E-state index contributed by atoms with van der Waals surface area (Å²) in [5, 5.41) is 8.63. The fourth-order valence-corrected chi connectivity index (χ4v) is 0.428. The number of hydrogen-bond acceptors (Lipinski definition) is 1. The minimum atomic E-state index is 0. The number of para-hydroxylation sites is 1. The summed E-state index contributed by atoms with van der Waals surface area (Å²) in [6.07, 6.45) is 0. The van der Waals surface area contributed by atoms with Gasteiger partial charge in [0.25, 0.3) is 0 Å². The van der Waals surface area contributed by atoms with Crippen molar-refractivity contribution in [3.63, 3.8) is 0 Å². The van der Waals surface area contributed by atoms with Gasteiger partial charge in [0.1, 0.15) is 5.75 Å². The number of aromatic hydroxyl groups is 1. The molecule has 0 unspecified atom stereocenters. The minimum Gasteiger partial charge on any atom is -0.508 e. The first-order chi connectivity index (χ1) is 3.39. The molecule has 0 saturated heterocycles. The van der Waals surface area contributed by atoms with Crippen molar-refractivity contribution in [2.45, 2.75) is 0 Å². The van der Waals surface area contributed by atoms with Gasteiger partial charge in [-0.3, -0.25) is 0 Å². The van der Waals surface area contributed by atoms with E-state index < -0.39 is 0 Å². The fraction of sp³-hybridized carbons (Fsp3) is 0. The van der Waals surface area contributed by atoms with Gasteiger partial charge in [-0.1, -0.05) is 18.2 Å². The second kappa shape index (κ2) is 4.29. The maximum Gasteiger partial charge on any atom is 0.115 e. The van der Waals surface area contributed by atoms with E-state index in [0.29, 0.717) is 5.75 Å². The molecule has 0 fully saturated rings. The normalized spacial score (nSPS) is 7.50. The molecular weight excluding hydrogens is 228 g/mol. The molecule has 1 aromatic rings. The van der Waals surface area contributed by atoms with Crippen LogP contribution >= 0.6 is 0 Å². The third-order valence-corrected chi connectivity index (χ3v) is 0.756. The molecule has 1 aromatic carbocycles. The summed E-state index contributed by atoms with van der Waals surface area (Å²) in [6, 6.07) is 8.71. The third-order valence-electron chi connectivity index (χ3n) is 0.756. The molecular formula is C6H6CeO. The monoisotopic (exact) mass is 234 g/mol. The molecule has 0 atom stereocenters. The standard InChI is InChI=1S/C6H6O.Ce/c7-6-4-2-1-3-5-6;/h1-5,7H;. The van der Waals surface area contributed by atoms with E-state index in [4.69, 9.17) is 5.11 Å². The Bertz CT molecular complexity index is 138. The van der Waals surface area contributed by atoms with Gasteiger partial charge in [0.05, 0.1) is 0 Å². The van der Waals surface area contributed by atoms with Crippen molar-refractivity contribution < 1.29 is 46.9 Å². The molecule has 1 nitrogen and oxygen atoms in total. The van der Waals surface area contributed by atoms with E-state index in [9.17, 15) is 0 Å². The predicted octanol–water partition coefficient (Wildman–Crippen LogP) is 1.39. The van der Waals surface area contributed by atoms with Gasteiger partial charge in [-0.2, -0.15) is 0 Å². The summed E-state index contributed by atoms with van der Waals surface area (Å²) in [4.78, 5) is 0. The van der Waals surface area contributed by atoms with Crippen molar-refractivity contribution in [1.82, 2.24) is 0 Å². The smallest absolute Gasteiger partial charge is 0.115 e.